The van der Waals surface area contributed by atoms with Crippen LogP contribution >= 0.6 is 22.6 Å². The Bertz CT molecular complexity index is 335. The van der Waals surface area contributed by atoms with Crippen molar-refractivity contribution in [3.05, 3.63) is 39.5 Å². The maximum atomic E-state index is 12.9. The first-order chi connectivity index (χ1) is 5.77. The Kier molecular flexibility index (Phi) is 3.23. The number of hydrogen-bond acceptors (Lipinski definition) is 1. The topological polar surface area (TPSA) is 23.8 Å². The van der Waals surface area contributed by atoms with Crippen molar-refractivity contribution in [2.24, 2.45) is 0 Å². The van der Waals surface area contributed by atoms with Gasteiger partial charge in [0.25, 0.3) is 0 Å². The van der Waals surface area contributed by atoms with Crippen LogP contribution in [0.3, 0.4) is 0 Å². The highest BCUT2D eigenvalue weighted by Crippen LogP contribution is 2.17. The summed E-state index contributed by atoms with van der Waals surface area (Å²) in [5.74, 6) is -0.278. The van der Waals surface area contributed by atoms with Crippen LogP contribution in [0.1, 0.15) is 11.1 Å². The molecule has 1 aromatic carbocycles. The average molecular weight is 273 g/mol. The summed E-state index contributed by atoms with van der Waals surface area (Å²) in [5, 5.41) is 8.46. The van der Waals surface area contributed by atoms with E-state index in [1.807, 2.05) is 28.7 Å². The van der Waals surface area contributed by atoms with E-state index < -0.39 is 0 Å². The number of rotatable bonds is 1. The Labute approximate surface area is 83.7 Å². The van der Waals surface area contributed by atoms with Crippen molar-refractivity contribution in [1.29, 1.82) is 5.26 Å². The molecule has 0 heterocycles. The highest BCUT2D eigenvalue weighted by molar-refractivity contribution is 14.1. The fraction of sp³-hybridized carbons (Fsp3) is 0. The molecule has 0 fully saturated rings. The second-order valence-electron chi connectivity index (χ2n) is 2.15. The molecule has 1 nitrogen and oxygen atoms in total. The molecular weight excluding hydrogens is 268 g/mol. The van der Waals surface area contributed by atoms with Gasteiger partial charge in [-0.2, -0.15) is 5.26 Å². The van der Waals surface area contributed by atoms with Crippen LogP contribution in [0, 0.1) is 11.3 Å². The Hall–Kier alpha value is -0.890. The van der Waals surface area contributed by atoms with Crippen molar-refractivity contribution in [2.75, 3.05) is 0 Å². The molecule has 0 saturated heterocycles. The van der Waals surface area contributed by atoms with E-state index in [1.54, 1.807) is 24.3 Å². The number of nitriles is 1. The van der Waals surface area contributed by atoms with Gasteiger partial charge < -0.3 is 0 Å². The van der Waals surface area contributed by atoms with Crippen LogP contribution in [0.25, 0.3) is 5.83 Å². The molecule has 3 heteroatoms. The van der Waals surface area contributed by atoms with Gasteiger partial charge in [0, 0.05) is 9.65 Å². The molecule has 0 bridgehead atoms. The van der Waals surface area contributed by atoms with Crippen molar-refractivity contribution < 1.29 is 4.39 Å². The molecule has 0 aliphatic carbocycles. The predicted octanol–water partition coefficient (Wildman–Crippen LogP) is 3.26. The van der Waals surface area contributed by atoms with Gasteiger partial charge in [-0.1, -0.05) is 12.1 Å². The first-order valence-corrected chi connectivity index (χ1v) is 4.49. The summed E-state index contributed by atoms with van der Waals surface area (Å²) in [6.45, 7) is 0. The lowest BCUT2D eigenvalue weighted by atomic mass is 10.1. The third-order valence-electron chi connectivity index (χ3n) is 1.39. The molecule has 1 rings (SSSR count). The highest BCUT2D eigenvalue weighted by atomic mass is 127. The maximum absolute atomic E-state index is 12.9. The van der Waals surface area contributed by atoms with Crippen molar-refractivity contribution >= 4 is 28.4 Å². The lowest BCUT2D eigenvalue weighted by Gasteiger charge is -1.94. The van der Waals surface area contributed by atoms with E-state index in [0.29, 0.717) is 11.1 Å². The van der Waals surface area contributed by atoms with Crippen molar-refractivity contribution in [3.8, 4) is 6.07 Å². The summed E-state index contributed by atoms with van der Waals surface area (Å²) in [5.41, 5.74) is 1.04. The van der Waals surface area contributed by atoms with Crippen molar-refractivity contribution in [1.82, 2.24) is 0 Å². The van der Waals surface area contributed by atoms with Crippen LogP contribution in [-0.4, -0.2) is 0 Å². The minimum absolute atomic E-state index is 0.278. The summed E-state index contributed by atoms with van der Waals surface area (Å²) < 4.78 is 14.2. The molecule has 0 N–H and O–H groups in total. The molecule has 1 aromatic rings. The third kappa shape index (κ3) is 2.05. The van der Waals surface area contributed by atoms with Crippen LogP contribution in [-0.2, 0) is 0 Å². The van der Waals surface area contributed by atoms with E-state index >= 15 is 0 Å². The van der Waals surface area contributed by atoms with Gasteiger partial charge in [0.2, 0.25) is 0 Å². The summed E-state index contributed by atoms with van der Waals surface area (Å²) in [7, 11) is 0. The lowest BCUT2D eigenvalue weighted by molar-refractivity contribution is 0.763. The fourth-order valence-corrected chi connectivity index (χ4v) is 1.13. The molecule has 0 aliphatic heterocycles. The highest BCUT2D eigenvalue weighted by Gasteiger charge is 1.97. The number of hydrogen-bond donors (Lipinski definition) is 0. The fourth-order valence-electron chi connectivity index (χ4n) is 0.767. The molecule has 0 unspecified atom stereocenters. The zero-order valence-corrected chi connectivity index (χ0v) is 8.25. The second kappa shape index (κ2) is 4.21. The summed E-state index contributed by atoms with van der Waals surface area (Å²) in [4.78, 5) is 0. The number of benzene rings is 1. The van der Waals surface area contributed by atoms with Gasteiger partial charge >= 0.3 is 0 Å². The van der Waals surface area contributed by atoms with Crippen molar-refractivity contribution in [3.63, 3.8) is 0 Å². The minimum Gasteiger partial charge on any atom is -0.206 e. The maximum Gasteiger partial charge on any atom is 0.136 e. The monoisotopic (exact) mass is 273 g/mol. The van der Waals surface area contributed by atoms with E-state index in [0.717, 1.165) is 0 Å². The third-order valence-corrected chi connectivity index (χ3v) is 1.93. The van der Waals surface area contributed by atoms with Gasteiger partial charge in [0.15, 0.2) is 0 Å². The van der Waals surface area contributed by atoms with Crippen molar-refractivity contribution in [2.45, 2.75) is 0 Å². The summed E-state index contributed by atoms with van der Waals surface area (Å²) >= 11 is 1.83. The van der Waals surface area contributed by atoms with E-state index in [1.165, 1.54) is 4.08 Å². The molecule has 0 spiro atoms. The molecule has 60 valence electrons. The molecular formula is C9H5FIN. The normalized spacial score (nSPS) is 10.9. The number of nitrogens with zero attached hydrogens (tertiary/aromatic N) is 1. The van der Waals surface area contributed by atoms with Crippen LogP contribution in [0.15, 0.2) is 28.3 Å². The molecule has 0 radical (unpaired) electrons. The van der Waals surface area contributed by atoms with Crippen LogP contribution in [0.4, 0.5) is 4.39 Å². The second-order valence-corrected chi connectivity index (χ2v) is 2.77. The Morgan fingerprint density at radius 2 is 2.00 bits per heavy atom. The molecule has 0 aliphatic rings. The summed E-state index contributed by atoms with van der Waals surface area (Å²) in [6.07, 6.45) is 0. The smallest absolute Gasteiger partial charge is 0.136 e. The van der Waals surface area contributed by atoms with Gasteiger partial charge in [-0.15, -0.1) is 0 Å². The van der Waals surface area contributed by atoms with Gasteiger partial charge in [0.05, 0.1) is 11.6 Å². The summed E-state index contributed by atoms with van der Waals surface area (Å²) in [6, 6.07) is 8.32. The van der Waals surface area contributed by atoms with Gasteiger partial charge in [-0.3, -0.25) is 0 Å². The number of halogens is 2. The van der Waals surface area contributed by atoms with Gasteiger partial charge in [-0.25, -0.2) is 4.39 Å². The Balaban J connectivity index is 3.02. The molecule has 0 saturated carbocycles. The van der Waals surface area contributed by atoms with Crippen LogP contribution in [0.2, 0.25) is 0 Å². The molecule has 0 amide bonds. The van der Waals surface area contributed by atoms with E-state index in [2.05, 4.69) is 0 Å². The SMILES string of the molecule is N#Cc1ccc(C(F)=CI)cc1. The molecule has 0 aromatic heterocycles. The molecule has 0 atom stereocenters. The van der Waals surface area contributed by atoms with Crippen LogP contribution < -0.4 is 0 Å². The zero-order valence-electron chi connectivity index (χ0n) is 6.09. The predicted molar refractivity (Wildman–Crippen MR) is 54.3 cm³/mol. The van der Waals surface area contributed by atoms with E-state index in [-0.39, 0.29) is 5.83 Å². The minimum atomic E-state index is -0.278. The Morgan fingerprint density at radius 3 is 2.42 bits per heavy atom. The first kappa shape index (κ1) is 9.20. The zero-order chi connectivity index (χ0) is 8.97. The standard InChI is InChI=1S/C9H5FIN/c10-9(5-11)8-3-1-7(6-12)2-4-8/h1-5H. The van der Waals surface area contributed by atoms with Gasteiger partial charge in [-0.05, 0) is 34.7 Å². The van der Waals surface area contributed by atoms with Gasteiger partial charge in [0.1, 0.15) is 5.83 Å². The first-order valence-electron chi connectivity index (χ1n) is 3.24. The average Bonchev–Trinajstić information content (AvgIpc) is 2.17. The van der Waals surface area contributed by atoms with E-state index in [9.17, 15) is 4.39 Å². The molecule has 12 heavy (non-hydrogen) atoms. The van der Waals surface area contributed by atoms with Crippen LogP contribution in [0.5, 0.6) is 0 Å². The quantitative estimate of drug-likeness (QED) is 0.720. The lowest BCUT2D eigenvalue weighted by Crippen LogP contribution is -1.77. The largest absolute Gasteiger partial charge is 0.206 e. The Morgan fingerprint density at radius 1 is 1.42 bits per heavy atom. The van der Waals surface area contributed by atoms with E-state index in [4.69, 9.17) is 5.26 Å².